The van der Waals surface area contributed by atoms with Crippen LogP contribution in [0.3, 0.4) is 0 Å². The molecular weight excluding hydrogens is 400 g/mol. The van der Waals surface area contributed by atoms with Gasteiger partial charge in [-0.3, -0.25) is 14.7 Å². The van der Waals surface area contributed by atoms with Crippen LogP contribution < -0.4 is 10.2 Å². The third-order valence-corrected chi connectivity index (χ3v) is 6.10. The summed E-state index contributed by atoms with van der Waals surface area (Å²) in [4.78, 5) is 19.6. The molecule has 0 atom stereocenters. The van der Waals surface area contributed by atoms with Gasteiger partial charge in [-0.1, -0.05) is 6.07 Å². The van der Waals surface area contributed by atoms with Crippen molar-refractivity contribution in [3.63, 3.8) is 0 Å². The van der Waals surface area contributed by atoms with Crippen LogP contribution in [0.25, 0.3) is 0 Å². The molecule has 7 heteroatoms. The van der Waals surface area contributed by atoms with Crippen LogP contribution >= 0.6 is 0 Å². The van der Waals surface area contributed by atoms with Gasteiger partial charge in [0.15, 0.2) is 11.6 Å². The summed E-state index contributed by atoms with van der Waals surface area (Å²) in [6, 6.07) is 13.4. The van der Waals surface area contributed by atoms with E-state index in [4.69, 9.17) is 4.74 Å². The first kappa shape index (κ1) is 19.6. The summed E-state index contributed by atoms with van der Waals surface area (Å²) in [5.41, 5.74) is 3.35. The molecule has 5 rings (SSSR count). The molecule has 3 heterocycles. The zero-order valence-electron chi connectivity index (χ0n) is 16.8. The van der Waals surface area contributed by atoms with E-state index in [1.807, 2.05) is 30.3 Å². The molecule has 1 spiro atoms. The molecule has 2 aliphatic heterocycles. The van der Waals surface area contributed by atoms with Crippen molar-refractivity contribution in [2.45, 2.75) is 24.8 Å². The summed E-state index contributed by atoms with van der Waals surface area (Å²) in [7, 11) is 0. The molecule has 1 amide bonds. The van der Waals surface area contributed by atoms with Gasteiger partial charge in [0, 0.05) is 31.6 Å². The lowest BCUT2D eigenvalue weighted by atomic mass is 9.75. The lowest BCUT2D eigenvalue weighted by Gasteiger charge is -2.32. The fourth-order valence-corrected chi connectivity index (χ4v) is 4.46. The molecule has 0 unspecified atom stereocenters. The summed E-state index contributed by atoms with van der Waals surface area (Å²) in [6.45, 7) is 1.39. The van der Waals surface area contributed by atoms with E-state index in [-0.39, 0.29) is 5.91 Å². The summed E-state index contributed by atoms with van der Waals surface area (Å²) >= 11 is 0. The van der Waals surface area contributed by atoms with Gasteiger partial charge in [-0.05, 0) is 66.4 Å². The van der Waals surface area contributed by atoms with E-state index in [0.29, 0.717) is 38.2 Å². The molecule has 158 valence electrons. The number of aromatic nitrogens is 1. The van der Waals surface area contributed by atoms with E-state index in [1.54, 1.807) is 23.4 Å². The van der Waals surface area contributed by atoms with E-state index >= 15 is 0 Å². The number of amides is 1. The van der Waals surface area contributed by atoms with Crippen molar-refractivity contribution in [1.29, 1.82) is 0 Å². The van der Waals surface area contributed by atoms with Crippen LogP contribution in [-0.2, 0) is 21.5 Å². The number of hydrogen-bond acceptors (Lipinski definition) is 4. The third kappa shape index (κ3) is 3.35. The first-order chi connectivity index (χ1) is 15.1. The molecule has 5 nitrogen and oxygen atoms in total. The number of nitrogens with zero attached hydrogens (tertiary/aromatic N) is 2. The Bertz CT molecular complexity index is 1130. The fourth-order valence-electron chi connectivity index (χ4n) is 4.46. The topological polar surface area (TPSA) is 54.5 Å². The lowest BCUT2D eigenvalue weighted by Crippen LogP contribution is -2.42. The van der Waals surface area contributed by atoms with Crippen LogP contribution in [-0.4, -0.2) is 24.1 Å². The molecule has 0 saturated carbocycles. The summed E-state index contributed by atoms with van der Waals surface area (Å²) in [6.07, 6.45) is 4.60. The maximum atomic E-state index is 13.6. The second-order valence-corrected chi connectivity index (χ2v) is 7.88. The highest BCUT2D eigenvalue weighted by atomic mass is 19.2. The lowest BCUT2D eigenvalue weighted by molar-refractivity contribution is -0.125. The molecule has 2 aliphatic rings. The first-order valence-corrected chi connectivity index (χ1v) is 10.2. The van der Waals surface area contributed by atoms with Crippen molar-refractivity contribution in [2.75, 3.05) is 23.4 Å². The number of halogens is 2. The summed E-state index contributed by atoms with van der Waals surface area (Å²) in [5.74, 6) is -1.69. The molecule has 0 radical (unpaired) electrons. The first-order valence-electron chi connectivity index (χ1n) is 10.2. The van der Waals surface area contributed by atoms with Gasteiger partial charge in [-0.2, -0.15) is 0 Å². The normalized spacial score (nSPS) is 17.1. The van der Waals surface area contributed by atoms with E-state index in [1.165, 1.54) is 6.07 Å². The summed E-state index contributed by atoms with van der Waals surface area (Å²) < 4.78 is 32.2. The Morgan fingerprint density at radius 2 is 1.90 bits per heavy atom. The molecule has 1 fully saturated rings. The van der Waals surface area contributed by atoms with Gasteiger partial charge in [-0.15, -0.1) is 0 Å². The fraction of sp³-hybridized carbons (Fsp3) is 0.250. The molecule has 1 saturated heterocycles. The van der Waals surface area contributed by atoms with E-state index in [2.05, 4.69) is 10.3 Å². The standard InChI is InChI=1S/C24H21F2N3O2/c25-20-5-3-16(12-21(20)26)14-28-17-4-6-22-19(13-17)24(7-10-31-11-8-24)23(30)29(22)18-2-1-9-27-15-18/h1-6,9,12-13,15,28H,7-8,10-11,14H2. The monoisotopic (exact) mass is 421 g/mol. The second-order valence-electron chi connectivity index (χ2n) is 7.88. The van der Waals surface area contributed by atoms with Crippen molar-refractivity contribution in [3.05, 3.63) is 83.7 Å². The third-order valence-electron chi connectivity index (χ3n) is 6.10. The zero-order chi connectivity index (χ0) is 21.4. The molecule has 0 bridgehead atoms. The molecule has 1 aromatic heterocycles. The molecule has 0 aliphatic carbocycles. The largest absolute Gasteiger partial charge is 0.381 e. The van der Waals surface area contributed by atoms with Gasteiger partial charge in [0.05, 0.1) is 23.0 Å². The maximum Gasteiger partial charge on any atom is 0.242 e. The van der Waals surface area contributed by atoms with E-state index in [9.17, 15) is 13.6 Å². The van der Waals surface area contributed by atoms with Crippen LogP contribution in [0, 0.1) is 11.6 Å². The minimum atomic E-state index is -0.868. The number of pyridine rings is 1. The van der Waals surface area contributed by atoms with Crippen molar-refractivity contribution in [3.8, 4) is 0 Å². The number of ether oxygens (including phenoxy) is 1. The predicted molar refractivity (Wildman–Crippen MR) is 113 cm³/mol. The number of fused-ring (bicyclic) bond motifs is 2. The number of rotatable bonds is 4. The zero-order valence-corrected chi connectivity index (χ0v) is 16.8. The van der Waals surface area contributed by atoms with Crippen LogP contribution in [0.5, 0.6) is 0 Å². The van der Waals surface area contributed by atoms with Crippen LogP contribution in [0.4, 0.5) is 25.8 Å². The molecule has 3 aromatic rings. The van der Waals surface area contributed by atoms with Gasteiger partial charge < -0.3 is 10.1 Å². The van der Waals surface area contributed by atoms with Crippen molar-refractivity contribution < 1.29 is 18.3 Å². The minimum absolute atomic E-state index is 0.0385. The number of carbonyl (C=O) groups is 1. The Labute approximate surface area is 178 Å². The quantitative estimate of drug-likeness (QED) is 0.664. The minimum Gasteiger partial charge on any atom is -0.381 e. The number of anilines is 3. The predicted octanol–water partition coefficient (Wildman–Crippen LogP) is 4.70. The average molecular weight is 421 g/mol. The van der Waals surface area contributed by atoms with Gasteiger partial charge in [0.2, 0.25) is 5.91 Å². The average Bonchev–Trinajstić information content (AvgIpc) is 3.03. The Kier molecular flexibility index (Phi) is 4.90. The van der Waals surface area contributed by atoms with Crippen molar-refractivity contribution in [2.24, 2.45) is 0 Å². The number of nitrogens with one attached hydrogen (secondary N) is 1. The highest BCUT2D eigenvalue weighted by molar-refractivity contribution is 6.13. The second kappa shape index (κ2) is 7.74. The molecule has 31 heavy (non-hydrogen) atoms. The highest BCUT2D eigenvalue weighted by Gasteiger charge is 2.52. The Hall–Kier alpha value is -3.32. The SMILES string of the molecule is O=C1N(c2cccnc2)c2ccc(NCc3ccc(F)c(F)c3)cc2C12CCOCC2. The highest BCUT2D eigenvalue weighted by Crippen LogP contribution is 2.51. The van der Waals surface area contributed by atoms with Gasteiger partial charge in [0.1, 0.15) is 0 Å². The van der Waals surface area contributed by atoms with Crippen molar-refractivity contribution >= 4 is 23.0 Å². The molecule has 2 aromatic carbocycles. The summed E-state index contributed by atoms with van der Waals surface area (Å²) in [5, 5.41) is 3.27. The number of carbonyl (C=O) groups excluding carboxylic acids is 1. The van der Waals surface area contributed by atoms with Gasteiger partial charge >= 0.3 is 0 Å². The van der Waals surface area contributed by atoms with Crippen LogP contribution in [0.1, 0.15) is 24.0 Å². The number of hydrogen-bond donors (Lipinski definition) is 1. The van der Waals surface area contributed by atoms with Gasteiger partial charge in [0.25, 0.3) is 0 Å². The number of benzene rings is 2. The maximum absolute atomic E-state index is 13.6. The molecular formula is C24H21F2N3O2. The smallest absolute Gasteiger partial charge is 0.242 e. The van der Waals surface area contributed by atoms with Gasteiger partial charge in [-0.25, -0.2) is 8.78 Å². The Balaban J connectivity index is 1.50. The van der Waals surface area contributed by atoms with Crippen molar-refractivity contribution in [1.82, 2.24) is 4.98 Å². The van der Waals surface area contributed by atoms with Crippen LogP contribution in [0.15, 0.2) is 60.9 Å². The van der Waals surface area contributed by atoms with E-state index < -0.39 is 17.0 Å². The Morgan fingerprint density at radius 3 is 2.65 bits per heavy atom. The van der Waals surface area contributed by atoms with E-state index in [0.717, 1.165) is 28.7 Å². The van der Waals surface area contributed by atoms with Crippen LogP contribution in [0.2, 0.25) is 0 Å². The Morgan fingerprint density at radius 1 is 1.06 bits per heavy atom. The molecule has 1 N–H and O–H groups in total.